The molecule has 0 bridgehead atoms. The van der Waals surface area contributed by atoms with E-state index in [1.807, 2.05) is 13.8 Å². The van der Waals surface area contributed by atoms with Crippen molar-refractivity contribution in [1.82, 2.24) is 0 Å². The van der Waals surface area contributed by atoms with Crippen LogP contribution >= 0.6 is 23.2 Å². The van der Waals surface area contributed by atoms with Gasteiger partial charge in [0.25, 0.3) is 0 Å². The van der Waals surface area contributed by atoms with Gasteiger partial charge in [0.05, 0.1) is 10.0 Å². The van der Waals surface area contributed by atoms with Crippen molar-refractivity contribution >= 4 is 29.0 Å². The zero-order valence-corrected chi connectivity index (χ0v) is 11.7. The maximum atomic E-state index is 12.0. The van der Waals surface area contributed by atoms with Crippen LogP contribution in [0, 0.1) is 5.92 Å². The molecule has 1 unspecified atom stereocenters. The minimum Gasteiger partial charge on any atom is -0.373 e. The van der Waals surface area contributed by atoms with Gasteiger partial charge in [0.15, 0.2) is 5.78 Å². The lowest BCUT2D eigenvalue weighted by Gasteiger charge is -2.18. The van der Waals surface area contributed by atoms with Crippen molar-refractivity contribution in [3.05, 3.63) is 33.8 Å². The fourth-order valence-corrected chi connectivity index (χ4v) is 2.14. The van der Waals surface area contributed by atoms with Crippen LogP contribution in [0.5, 0.6) is 0 Å². The summed E-state index contributed by atoms with van der Waals surface area (Å²) in [5, 5.41) is 0.914. The SMILES string of the molecule is COC(C(=O)Cc1cccc(Cl)c1Cl)C(C)C. The average Bonchev–Trinajstić information content (AvgIpc) is 2.25. The summed E-state index contributed by atoms with van der Waals surface area (Å²) >= 11 is 11.9. The minimum atomic E-state index is -0.398. The van der Waals surface area contributed by atoms with Crippen molar-refractivity contribution in [2.45, 2.75) is 26.4 Å². The summed E-state index contributed by atoms with van der Waals surface area (Å²) in [4.78, 5) is 12.0. The Labute approximate surface area is 112 Å². The number of carbonyl (C=O) groups excluding carboxylic acids is 1. The average molecular weight is 275 g/mol. The maximum absolute atomic E-state index is 12.0. The molecule has 0 aliphatic carbocycles. The van der Waals surface area contributed by atoms with E-state index in [1.165, 1.54) is 0 Å². The molecule has 0 heterocycles. The number of halogens is 2. The van der Waals surface area contributed by atoms with Crippen LogP contribution in [0.1, 0.15) is 19.4 Å². The molecule has 1 aromatic rings. The van der Waals surface area contributed by atoms with E-state index in [-0.39, 0.29) is 18.1 Å². The van der Waals surface area contributed by atoms with E-state index in [0.717, 1.165) is 5.56 Å². The number of rotatable bonds is 5. The monoisotopic (exact) mass is 274 g/mol. The first-order valence-electron chi connectivity index (χ1n) is 5.45. The van der Waals surface area contributed by atoms with Gasteiger partial charge in [0.2, 0.25) is 0 Å². The second-order valence-electron chi connectivity index (χ2n) is 4.26. The van der Waals surface area contributed by atoms with Crippen LogP contribution in [0.3, 0.4) is 0 Å². The van der Waals surface area contributed by atoms with Crippen molar-refractivity contribution < 1.29 is 9.53 Å². The van der Waals surface area contributed by atoms with Gasteiger partial charge in [-0.05, 0) is 17.5 Å². The smallest absolute Gasteiger partial charge is 0.166 e. The lowest BCUT2D eigenvalue weighted by atomic mass is 9.98. The molecule has 0 aliphatic rings. The normalized spacial score (nSPS) is 12.8. The third-order valence-electron chi connectivity index (χ3n) is 2.57. The standard InChI is InChI=1S/C13H16Cl2O2/c1-8(2)13(17-3)11(16)7-9-5-4-6-10(14)12(9)15/h4-6,8,13H,7H2,1-3H3. The lowest BCUT2D eigenvalue weighted by Crippen LogP contribution is -2.30. The first kappa shape index (κ1) is 14.5. The highest BCUT2D eigenvalue weighted by atomic mass is 35.5. The number of ether oxygens (including phenoxy) is 1. The van der Waals surface area contributed by atoms with Gasteiger partial charge in [-0.3, -0.25) is 4.79 Å². The molecule has 0 aliphatic heterocycles. The number of hydrogen-bond acceptors (Lipinski definition) is 2. The Morgan fingerprint density at radius 2 is 2.00 bits per heavy atom. The van der Waals surface area contributed by atoms with E-state index in [9.17, 15) is 4.79 Å². The van der Waals surface area contributed by atoms with Gasteiger partial charge in [-0.1, -0.05) is 49.2 Å². The number of Topliss-reactive ketones (excluding diaryl/α,β-unsaturated/α-hetero) is 1. The van der Waals surface area contributed by atoms with E-state index in [1.54, 1.807) is 25.3 Å². The molecule has 0 N–H and O–H groups in total. The molecule has 0 spiro atoms. The molecule has 94 valence electrons. The van der Waals surface area contributed by atoms with Gasteiger partial charge in [-0.15, -0.1) is 0 Å². The Morgan fingerprint density at radius 1 is 1.35 bits per heavy atom. The highest BCUT2D eigenvalue weighted by Crippen LogP contribution is 2.26. The van der Waals surface area contributed by atoms with Crippen molar-refractivity contribution in [2.24, 2.45) is 5.92 Å². The number of hydrogen-bond donors (Lipinski definition) is 0. The largest absolute Gasteiger partial charge is 0.373 e. The molecule has 0 saturated heterocycles. The molecule has 1 rings (SSSR count). The third-order valence-corrected chi connectivity index (χ3v) is 3.43. The molecule has 0 saturated carbocycles. The van der Waals surface area contributed by atoms with Gasteiger partial charge in [0, 0.05) is 13.5 Å². The summed E-state index contributed by atoms with van der Waals surface area (Å²) in [6.45, 7) is 3.90. The predicted octanol–water partition coefficient (Wildman–Crippen LogP) is 3.78. The van der Waals surface area contributed by atoms with Crippen molar-refractivity contribution in [3.63, 3.8) is 0 Å². The highest BCUT2D eigenvalue weighted by Gasteiger charge is 2.22. The number of carbonyl (C=O) groups is 1. The molecular weight excluding hydrogens is 259 g/mol. The first-order valence-corrected chi connectivity index (χ1v) is 6.21. The van der Waals surface area contributed by atoms with E-state index in [2.05, 4.69) is 0 Å². The second kappa shape index (κ2) is 6.39. The van der Waals surface area contributed by atoms with Crippen molar-refractivity contribution in [1.29, 1.82) is 0 Å². The Hall–Kier alpha value is -0.570. The number of benzene rings is 1. The fraction of sp³-hybridized carbons (Fsp3) is 0.462. The van der Waals surface area contributed by atoms with Crippen LogP contribution < -0.4 is 0 Å². The summed E-state index contributed by atoms with van der Waals surface area (Å²) in [6, 6.07) is 5.29. The van der Waals surface area contributed by atoms with Gasteiger partial charge >= 0.3 is 0 Å². The Morgan fingerprint density at radius 3 is 2.53 bits per heavy atom. The summed E-state index contributed by atoms with van der Waals surface area (Å²) in [5.74, 6) is 0.164. The molecule has 0 radical (unpaired) electrons. The zero-order chi connectivity index (χ0) is 13.0. The zero-order valence-electron chi connectivity index (χ0n) is 10.2. The van der Waals surface area contributed by atoms with Crippen LogP contribution in [0.25, 0.3) is 0 Å². The molecule has 0 amide bonds. The van der Waals surface area contributed by atoms with Gasteiger partial charge in [0.1, 0.15) is 6.10 Å². The van der Waals surface area contributed by atoms with Crippen LogP contribution in [0.2, 0.25) is 10.0 Å². The summed E-state index contributed by atoms with van der Waals surface area (Å²) in [6.07, 6.45) is -0.152. The Kier molecular flexibility index (Phi) is 5.44. The van der Waals surface area contributed by atoms with Gasteiger partial charge in [-0.25, -0.2) is 0 Å². The third kappa shape index (κ3) is 3.70. The minimum absolute atomic E-state index is 0.0201. The number of ketones is 1. The van der Waals surface area contributed by atoms with E-state index in [4.69, 9.17) is 27.9 Å². The van der Waals surface area contributed by atoms with Gasteiger partial charge < -0.3 is 4.74 Å². The molecule has 1 aromatic carbocycles. The molecule has 17 heavy (non-hydrogen) atoms. The van der Waals surface area contributed by atoms with E-state index < -0.39 is 6.10 Å². The van der Waals surface area contributed by atoms with Crippen molar-refractivity contribution in [3.8, 4) is 0 Å². The van der Waals surface area contributed by atoms with Crippen LogP contribution in [0.15, 0.2) is 18.2 Å². The van der Waals surface area contributed by atoms with Crippen molar-refractivity contribution in [2.75, 3.05) is 7.11 Å². The van der Waals surface area contributed by atoms with E-state index >= 15 is 0 Å². The predicted molar refractivity (Wildman–Crippen MR) is 70.8 cm³/mol. The fourth-order valence-electron chi connectivity index (χ4n) is 1.75. The van der Waals surface area contributed by atoms with Crippen LogP contribution in [-0.2, 0) is 16.0 Å². The van der Waals surface area contributed by atoms with Gasteiger partial charge in [-0.2, -0.15) is 0 Å². The second-order valence-corrected chi connectivity index (χ2v) is 5.04. The summed E-state index contributed by atoms with van der Waals surface area (Å²) in [5.41, 5.74) is 0.742. The molecule has 4 heteroatoms. The molecule has 0 fully saturated rings. The summed E-state index contributed by atoms with van der Waals surface area (Å²) in [7, 11) is 1.54. The van der Waals surface area contributed by atoms with E-state index in [0.29, 0.717) is 10.0 Å². The summed E-state index contributed by atoms with van der Waals surface area (Å²) < 4.78 is 5.19. The molecule has 0 aromatic heterocycles. The van der Waals surface area contributed by atoms with Crippen LogP contribution in [-0.4, -0.2) is 19.0 Å². The first-order chi connectivity index (χ1) is 7.97. The number of methoxy groups -OCH3 is 1. The maximum Gasteiger partial charge on any atom is 0.166 e. The molecule has 2 nitrogen and oxygen atoms in total. The Balaban J connectivity index is 2.84. The Bertz CT molecular complexity index is 402. The van der Waals surface area contributed by atoms with Crippen LogP contribution in [0.4, 0.5) is 0 Å². The highest BCUT2D eigenvalue weighted by molar-refractivity contribution is 6.42. The topological polar surface area (TPSA) is 26.3 Å². The lowest BCUT2D eigenvalue weighted by molar-refractivity contribution is -0.130. The quantitative estimate of drug-likeness (QED) is 0.817. The molecule has 1 atom stereocenters. The molecular formula is C13H16Cl2O2.